The Kier molecular flexibility index (Phi) is 4.13. The van der Waals surface area contributed by atoms with Crippen LogP contribution >= 0.6 is 0 Å². The van der Waals surface area contributed by atoms with Crippen LogP contribution in [0.1, 0.15) is 32.1 Å². The van der Waals surface area contributed by atoms with E-state index in [0.29, 0.717) is 0 Å². The molecule has 1 aliphatic carbocycles. The molecule has 0 unspecified atom stereocenters. The van der Waals surface area contributed by atoms with Gasteiger partial charge in [-0.05, 0) is 12.8 Å². The Hall–Kier alpha value is -1.92. The molecule has 0 bridgehead atoms. The number of carbonyl (C=O) groups is 4. The summed E-state index contributed by atoms with van der Waals surface area (Å²) in [6.45, 7) is -0.280. The highest BCUT2D eigenvalue weighted by molar-refractivity contribution is 6.02. The first-order valence-electron chi connectivity index (χ1n) is 6.34. The Labute approximate surface area is 110 Å². The second-order valence-electron chi connectivity index (χ2n) is 4.69. The number of nitrogens with zero attached hydrogens (tertiary/aromatic N) is 1. The average Bonchev–Trinajstić information content (AvgIpc) is 3.12. The maximum absolute atomic E-state index is 11.4. The number of likely N-dealkylation sites (tertiary alicyclic amines) is 1. The van der Waals surface area contributed by atoms with Crippen molar-refractivity contribution in [1.29, 1.82) is 0 Å². The van der Waals surface area contributed by atoms with Gasteiger partial charge >= 0.3 is 5.97 Å². The van der Waals surface area contributed by atoms with Gasteiger partial charge in [-0.25, -0.2) is 0 Å². The number of amides is 3. The van der Waals surface area contributed by atoms with Crippen molar-refractivity contribution in [2.75, 3.05) is 13.2 Å². The minimum atomic E-state index is -0.585. The summed E-state index contributed by atoms with van der Waals surface area (Å²) in [6.07, 6.45) is 2.28. The molecule has 7 heteroatoms. The number of imide groups is 1. The van der Waals surface area contributed by atoms with Gasteiger partial charge in [0.1, 0.15) is 0 Å². The summed E-state index contributed by atoms with van der Waals surface area (Å²) < 4.78 is 4.76. The Balaban J connectivity index is 1.62. The molecule has 0 aromatic carbocycles. The van der Waals surface area contributed by atoms with Gasteiger partial charge < -0.3 is 10.1 Å². The molecule has 0 spiro atoms. The van der Waals surface area contributed by atoms with E-state index in [1.807, 2.05) is 0 Å². The van der Waals surface area contributed by atoms with E-state index in [1.165, 1.54) is 0 Å². The number of esters is 1. The molecular weight excluding hydrogens is 252 g/mol. The molecule has 2 aliphatic rings. The molecule has 1 saturated carbocycles. The molecular formula is C12H16N2O5. The number of nitrogens with one attached hydrogen (secondary N) is 1. The molecule has 0 radical (unpaired) electrons. The van der Waals surface area contributed by atoms with E-state index >= 15 is 0 Å². The lowest BCUT2D eigenvalue weighted by Crippen LogP contribution is -2.33. The van der Waals surface area contributed by atoms with Crippen molar-refractivity contribution in [3.63, 3.8) is 0 Å². The number of rotatable bonds is 6. The predicted octanol–water partition coefficient (Wildman–Crippen LogP) is -0.653. The molecule has 19 heavy (non-hydrogen) atoms. The minimum absolute atomic E-state index is 0.0285. The van der Waals surface area contributed by atoms with Gasteiger partial charge in [0.2, 0.25) is 11.8 Å². The van der Waals surface area contributed by atoms with Gasteiger partial charge in [-0.15, -0.1) is 0 Å². The summed E-state index contributed by atoms with van der Waals surface area (Å²) in [5.74, 6) is -1.42. The molecule has 0 aromatic heterocycles. The Morgan fingerprint density at radius 2 is 1.84 bits per heavy atom. The molecule has 1 aliphatic heterocycles. The van der Waals surface area contributed by atoms with Crippen LogP contribution in [0.4, 0.5) is 0 Å². The van der Waals surface area contributed by atoms with Gasteiger partial charge in [0.05, 0.1) is 6.42 Å². The van der Waals surface area contributed by atoms with Crippen molar-refractivity contribution in [2.24, 2.45) is 0 Å². The molecule has 0 atom stereocenters. The third-order valence-electron chi connectivity index (χ3n) is 3.00. The quantitative estimate of drug-likeness (QED) is 0.510. The van der Waals surface area contributed by atoms with Crippen molar-refractivity contribution >= 4 is 23.7 Å². The lowest BCUT2D eigenvalue weighted by molar-refractivity contribution is -0.149. The highest BCUT2D eigenvalue weighted by atomic mass is 16.5. The van der Waals surface area contributed by atoms with E-state index in [-0.39, 0.29) is 56.2 Å². The van der Waals surface area contributed by atoms with Crippen LogP contribution in [0.5, 0.6) is 0 Å². The maximum atomic E-state index is 11.4. The SMILES string of the molecule is O=C(COC(=O)CCN1C(=O)CCC1=O)NC1CC1. The molecule has 2 fully saturated rings. The molecule has 0 aromatic rings. The van der Waals surface area contributed by atoms with E-state index in [4.69, 9.17) is 4.74 Å². The highest BCUT2D eigenvalue weighted by Crippen LogP contribution is 2.18. The molecule has 1 N–H and O–H groups in total. The Morgan fingerprint density at radius 3 is 2.42 bits per heavy atom. The smallest absolute Gasteiger partial charge is 0.308 e. The molecule has 104 valence electrons. The van der Waals surface area contributed by atoms with Gasteiger partial charge in [0.15, 0.2) is 6.61 Å². The number of hydrogen-bond acceptors (Lipinski definition) is 5. The second kappa shape index (κ2) is 5.81. The fourth-order valence-corrected chi connectivity index (χ4v) is 1.79. The van der Waals surface area contributed by atoms with Crippen LogP contribution in [0.25, 0.3) is 0 Å². The lowest BCUT2D eigenvalue weighted by atomic mass is 10.4. The first-order valence-corrected chi connectivity index (χ1v) is 6.34. The normalized spacial score (nSPS) is 18.6. The summed E-state index contributed by atoms with van der Waals surface area (Å²) in [6, 6.07) is 0.228. The zero-order chi connectivity index (χ0) is 13.8. The van der Waals surface area contributed by atoms with Crippen molar-refractivity contribution in [3.05, 3.63) is 0 Å². The third-order valence-corrected chi connectivity index (χ3v) is 3.00. The Morgan fingerprint density at radius 1 is 1.21 bits per heavy atom. The van der Waals surface area contributed by atoms with E-state index in [0.717, 1.165) is 17.7 Å². The molecule has 3 amide bonds. The molecule has 1 heterocycles. The number of ether oxygens (including phenoxy) is 1. The van der Waals surface area contributed by atoms with Crippen LogP contribution in [0, 0.1) is 0 Å². The van der Waals surface area contributed by atoms with Crippen LogP contribution in [-0.4, -0.2) is 47.8 Å². The number of carbonyl (C=O) groups excluding carboxylic acids is 4. The first-order chi connectivity index (χ1) is 9.06. The second-order valence-corrected chi connectivity index (χ2v) is 4.69. The fraction of sp³-hybridized carbons (Fsp3) is 0.667. The fourth-order valence-electron chi connectivity index (χ4n) is 1.79. The van der Waals surface area contributed by atoms with Gasteiger partial charge in [-0.1, -0.05) is 0 Å². The minimum Gasteiger partial charge on any atom is -0.456 e. The lowest BCUT2D eigenvalue weighted by Gasteiger charge is -2.12. The van der Waals surface area contributed by atoms with Gasteiger partial charge in [-0.3, -0.25) is 24.1 Å². The van der Waals surface area contributed by atoms with Gasteiger partial charge in [0, 0.05) is 25.4 Å². The predicted molar refractivity (Wildman–Crippen MR) is 62.7 cm³/mol. The van der Waals surface area contributed by atoms with Crippen LogP contribution in [-0.2, 0) is 23.9 Å². The van der Waals surface area contributed by atoms with Gasteiger partial charge in [-0.2, -0.15) is 0 Å². The van der Waals surface area contributed by atoms with E-state index in [1.54, 1.807) is 0 Å². The third kappa shape index (κ3) is 4.04. The van der Waals surface area contributed by atoms with E-state index in [9.17, 15) is 19.2 Å². The van der Waals surface area contributed by atoms with Crippen LogP contribution in [0.2, 0.25) is 0 Å². The number of hydrogen-bond donors (Lipinski definition) is 1. The van der Waals surface area contributed by atoms with Crippen molar-refractivity contribution in [2.45, 2.75) is 38.1 Å². The zero-order valence-corrected chi connectivity index (χ0v) is 10.5. The largest absolute Gasteiger partial charge is 0.456 e. The summed E-state index contributed by atoms with van der Waals surface area (Å²) in [5.41, 5.74) is 0. The molecule has 1 saturated heterocycles. The zero-order valence-electron chi connectivity index (χ0n) is 10.5. The first kappa shape index (κ1) is 13.5. The summed E-state index contributed by atoms with van der Waals surface area (Å²) >= 11 is 0. The van der Waals surface area contributed by atoms with E-state index in [2.05, 4.69) is 5.32 Å². The average molecular weight is 268 g/mol. The monoisotopic (exact) mass is 268 g/mol. The standard InChI is InChI=1S/C12H16N2O5/c15-9(13-8-1-2-8)7-19-12(18)5-6-14-10(16)3-4-11(14)17/h8H,1-7H2,(H,13,15). The van der Waals surface area contributed by atoms with Gasteiger partial charge in [0.25, 0.3) is 5.91 Å². The van der Waals surface area contributed by atoms with Crippen molar-refractivity contribution in [1.82, 2.24) is 10.2 Å². The topological polar surface area (TPSA) is 92.8 Å². The summed E-state index contributed by atoms with van der Waals surface area (Å²) in [5, 5.41) is 2.69. The summed E-state index contributed by atoms with van der Waals surface area (Å²) in [4.78, 5) is 46.2. The highest BCUT2D eigenvalue weighted by Gasteiger charge is 2.29. The Bertz CT molecular complexity index is 400. The molecule has 2 rings (SSSR count). The van der Waals surface area contributed by atoms with Crippen molar-refractivity contribution < 1.29 is 23.9 Å². The van der Waals surface area contributed by atoms with Crippen LogP contribution < -0.4 is 5.32 Å². The van der Waals surface area contributed by atoms with Crippen LogP contribution in [0.15, 0.2) is 0 Å². The van der Waals surface area contributed by atoms with E-state index < -0.39 is 5.97 Å². The molecule has 7 nitrogen and oxygen atoms in total. The maximum Gasteiger partial charge on any atom is 0.308 e. The summed E-state index contributed by atoms with van der Waals surface area (Å²) in [7, 11) is 0. The van der Waals surface area contributed by atoms with Crippen LogP contribution in [0.3, 0.4) is 0 Å². The van der Waals surface area contributed by atoms with Crippen molar-refractivity contribution in [3.8, 4) is 0 Å².